The number of nitrogens with zero attached hydrogens (tertiary/aromatic N) is 3. The van der Waals surface area contributed by atoms with Gasteiger partial charge < -0.3 is 29.2 Å². The molecule has 0 radical (unpaired) electrons. The number of hydrogen-bond donors (Lipinski definition) is 1. The van der Waals surface area contributed by atoms with Gasteiger partial charge in [0, 0.05) is 42.2 Å². The minimum absolute atomic E-state index is 0.122. The number of rotatable bonds is 9. The molecule has 1 aromatic heterocycles. The summed E-state index contributed by atoms with van der Waals surface area (Å²) in [7, 11) is 0. The average Bonchev–Trinajstić information content (AvgIpc) is 3.69. The Labute approximate surface area is 257 Å². The Kier molecular flexibility index (Phi) is 8.46. The van der Waals surface area contributed by atoms with E-state index in [2.05, 4.69) is 52.7 Å². The van der Waals surface area contributed by atoms with Crippen molar-refractivity contribution in [1.29, 1.82) is 0 Å². The van der Waals surface area contributed by atoms with Crippen LogP contribution >= 0.6 is 0 Å². The molecule has 2 fully saturated rings. The first-order valence-electron chi connectivity index (χ1n) is 15.4. The number of halogens is 1. The predicted octanol–water partition coefficient (Wildman–Crippen LogP) is 4.97. The van der Waals surface area contributed by atoms with E-state index in [1.807, 2.05) is 18.2 Å². The van der Waals surface area contributed by atoms with Gasteiger partial charge in [-0.2, -0.15) is 0 Å². The summed E-state index contributed by atoms with van der Waals surface area (Å²) in [6.45, 7) is 8.47. The maximum absolute atomic E-state index is 15.0. The summed E-state index contributed by atoms with van der Waals surface area (Å²) >= 11 is 0. The fraction of sp³-hybridized carbons (Fsp3) is 0.429. The second kappa shape index (κ2) is 12.3. The zero-order chi connectivity index (χ0) is 31.0. The van der Waals surface area contributed by atoms with Crippen molar-refractivity contribution in [2.24, 2.45) is 4.99 Å². The van der Waals surface area contributed by atoms with E-state index in [1.54, 1.807) is 19.1 Å². The van der Waals surface area contributed by atoms with E-state index in [-0.39, 0.29) is 30.9 Å². The number of ketones is 1. The Hall–Kier alpha value is -3.79. The molecular weight excluding hydrogens is 561 g/mol. The monoisotopic (exact) mass is 600 g/mol. The van der Waals surface area contributed by atoms with Crippen LogP contribution in [0.5, 0.6) is 0 Å². The number of aliphatic hydroxyl groups is 1. The number of carbonyl (C=O) groups excluding carboxylic acids is 1. The second-order valence-corrected chi connectivity index (χ2v) is 12.5. The highest BCUT2D eigenvalue weighted by atomic mass is 19.1. The van der Waals surface area contributed by atoms with Crippen LogP contribution < -0.4 is 5.11 Å². The van der Waals surface area contributed by atoms with E-state index < -0.39 is 35.3 Å². The van der Waals surface area contributed by atoms with Crippen LogP contribution in [0.25, 0.3) is 22.0 Å². The summed E-state index contributed by atoms with van der Waals surface area (Å²) in [5.41, 5.74) is 2.60. The number of Topliss-reactive ketones (excluding diaryl/α,β-unsaturated/α-hetero) is 1. The minimum Gasteiger partial charge on any atom is -0.856 e. The molecule has 1 N–H and O–H groups in total. The number of benzene rings is 2. The van der Waals surface area contributed by atoms with E-state index in [1.165, 1.54) is 6.08 Å². The van der Waals surface area contributed by atoms with Crippen LogP contribution in [0.1, 0.15) is 56.4 Å². The largest absolute Gasteiger partial charge is 0.856 e. The third kappa shape index (κ3) is 5.96. The van der Waals surface area contributed by atoms with Crippen LogP contribution in [-0.2, 0) is 9.47 Å². The maximum Gasteiger partial charge on any atom is 0.196 e. The lowest BCUT2D eigenvalue weighted by atomic mass is 9.84. The normalized spacial score (nSPS) is 22.6. The maximum atomic E-state index is 15.0. The number of likely N-dealkylation sites (tertiary alicyclic amines) is 1. The van der Waals surface area contributed by atoms with Crippen LogP contribution in [0, 0.1) is 0 Å². The molecule has 0 spiro atoms. The van der Waals surface area contributed by atoms with Gasteiger partial charge >= 0.3 is 0 Å². The molecule has 2 unspecified atom stereocenters. The highest BCUT2D eigenvalue weighted by Gasteiger charge is 2.43. The molecule has 8 nitrogen and oxygen atoms in total. The molecule has 2 saturated heterocycles. The smallest absolute Gasteiger partial charge is 0.196 e. The number of allylic oxidation sites excluding steroid dienone is 2. The lowest BCUT2D eigenvalue weighted by molar-refractivity contribution is -0.212. The Morgan fingerprint density at radius 1 is 1.09 bits per heavy atom. The Morgan fingerprint density at radius 3 is 2.55 bits per heavy atom. The van der Waals surface area contributed by atoms with Gasteiger partial charge in [-0.1, -0.05) is 36.4 Å². The molecule has 44 heavy (non-hydrogen) atoms. The number of ether oxygens (including phenoxy) is 2. The van der Waals surface area contributed by atoms with Crippen LogP contribution in [0.15, 0.2) is 83.0 Å². The van der Waals surface area contributed by atoms with Crippen molar-refractivity contribution < 1.29 is 28.9 Å². The first-order valence-corrected chi connectivity index (χ1v) is 15.4. The van der Waals surface area contributed by atoms with Crippen molar-refractivity contribution in [2.45, 2.75) is 63.8 Å². The highest BCUT2D eigenvalue weighted by Crippen LogP contribution is 2.41. The van der Waals surface area contributed by atoms with Gasteiger partial charge in [-0.3, -0.25) is 9.79 Å². The fourth-order valence-electron chi connectivity index (χ4n) is 6.55. The average molecular weight is 601 g/mol. The third-order valence-electron chi connectivity index (χ3n) is 8.93. The van der Waals surface area contributed by atoms with Gasteiger partial charge in [0.25, 0.3) is 0 Å². The molecule has 1 aliphatic carbocycles. The number of aromatic nitrogens is 1. The van der Waals surface area contributed by atoms with Crippen LogP contribution in [0.2, 0.25) is 0 Å². The number of aliphatic hydroxyl groups excluding tert-OH is 1. The van der Waals surface area contributed by atoms with Crippen LogP contribution in [0.3, 0.4) is 0 Å². The van der Waals surface area contributed by atoms with Crippen LogP contribution in [-0.4, -0.2) is 76.8 Å². The van der Waals surface area contributed by atoms with Gasteiger partial charge in [-0.05, 0) is 87.0 Å². The molecule has 0 amide bonds. The quantitative estimate of drug-likeness (QED) is 0.212. The lowest BCUT2D eigenvalue weighted by Crippen LogP contribution is -2.45. The summed E-state index contributed by atoms with van der Waals surface area (Å²) < 4.78 is 28.6. The lowest BCUT2D eigenvalue weighted by Gasteiger charge is -2.40. The van der Waals surface area contributed by atoms with Gasteiger partial charge in [0.1, 0.15) is 12.2 Å². The predicted molar refractivity (Wildman–Crippen MR) is 166 cm³/mol. The summed E-state index contributed by atoms with van der Waals surface area (Å²) in [5.74, 6) is -2.17. The SMILES string of the molecule is CC(C)n1ccc2ccc(-c3ccc(C(=O)C([O-])=NC(CN4CCCC4)[C@H](O)C4=CC(F)=C5OCCOC5(C)C4)cc3)cc21. The molecule has 232 valence electrons. The molecule has 3 aliphatic rings. The summed E-state index contributed by atoms with van der Waals surface area (Å²) in [4.78, 5) is 19.6. The van der Waals surface area contributed by atoms with Gasteiger partial charge in [0.15, 0.2) is 17.4 Å². The Morgan fingerprint density at radius 2 is 1.82 bits per heavy atom. The van der Waals surface area contributed by atoms with Crippen molar-refractivity contribution in [3.05, 3.63) is 83.5 Å². The molecule has 2 aromatic carbocycles. The van der Waals surface area contributed by atoms with Gasteiger partial charge in [0.2, 0.25) is 0 Å². The molecule has 6 rings (SSSR count). The first-order chi connectivity index (χ1) is 21.1. The van der Waals surface area contributed by atoms with Crippen molar-refractivity contribution in [1.82, 2.24) is 9.47 Å². The molecule has 2 aliphatic heterocycles. The number of carbonyl (C=O) groups is 1. The molecule has 0 bridgehead atoms. The number of hydrogen-bond acceptors (Lipinski definition) is 7. The zero-order valence-electron chi connectivity index (χ0n) is 25.5. The first kappa shape index (κ1) is 30.2. The van der Waals surface area contributed by atoms with Crippen molar-refractivity contribution >= 4 is 22.6 Å². The van der Waals surface area contributed by atoms with Crippen molar-refractivity contribution in [3.8, 4) is 11.1 Å². The van der Waals surface area contributed by atoms with E-state index in [0.717, 1.165) is 48.0 Å². The van der Waals surface area contributed by atoms with Gasteiger partial charge in [-0.25, -0.2) is 4.39 Å². The standard InChI is InChI=1S/C35H40FN3O5/c1-22(2)39-15-12-24-8-11-26(19-30(24)39)23-6-9-25(10-7-23)32(41)34(42)37-29(21-38-13-4-5-14-38)31(40)27-18-28(36)33-35(3,20-27)44-17-16-43-33/h6-12,15,18-19,22,29,31,40H,4-5,13-14,16-17,20-21H2,1-3H3,(H,37,42)/p-1/t29?,31-,35?/m1/s1. The van der Waals surface area contributed by atoms with Gasteiger partial charge in [-0.15, -0.1) is 0 Å². The summed E-state index contributed by atoms with van der Waals surface area (Å²) in [5, 5.41) is 25.9. The zero-order valence-corrected chi connectivity index (χ0v) is 25.5. The summed E-state index contributed by atoms with van der Waals surface area (Å²) in [6, 6.07) is 14.6. The highest BCUT2D eigenvalue weighted by molar-refractivity contribution is 6.41. The molecule has 9 heteroatoms. The summed E-state index contributed by atoms with van der Waals surface area (Å²) in [6.07, 6.45) is 4.26. The van der Waals surface area contributed by atoms with Gasteiger partial charge in [0.05, 0.1) is 18.8 Å². The molecule has 3 aromatic rings. The molecule has 0 saturated carbocycles. The van der Waals surface area contributed by atoms with Crippen molar-refractivity contribution in [2.75, 3.05) is 32.8 Å². The van der Waals surface area contributed by atoms with Crippen molar-refractivity contribution in [3.63, 3.8) is 0 Å². The molecular formula is C35H39FN3O5-. The van der Waals surface area contributed by atoms with E-state index >= 15 is 4.39 Å². The third-order valence-corrected chi connectivity index (χ3v) is 8.93. The molecule has 3 atom stereocenters. The van der Waals surface area contributed by atoms with E-state index in [0.29, 0.717) is 18.2 Å². The minimum atomic E-state index is -1.27. The Bertz CT molecular complexity index is 1630. The van der Waals surface area contributed by atoms with E-state index in [4.69, 9.17) is 9.47 Å². The van der Waals surface area contributed by atoms with E-state index in [9.17, 15) is 15.0 Å². The number of aliphatic imine (C=N–C) groups is 1. The fourth-order valence-corrected chi connectivity index (χ4v) is 6.55. The number of fused-ring (bicyclic) bond motifs is 2. The van der Waals surface area contributed by atoms with Crippen LogP contribution in [0.4, 0.5) is 4.39 Å². The Balaban J connectivity index is 1.24. The second-order valence-electron chi connectivity index (χ2n) is 12.5. The topological polar surface area (TPSA) is 99.4 Å². The molecule has 3 heterocycles.